The van der Waals surface area contributed by atoms with Gasteiger partial charge in [0.25, 0.3) is 11.8 Å². The van der Waals surface area contributed by atoms with Gasteiger partial charge >= 0.3 is 0 Å². The number of amides is 2. The Morgan fingerprint density at radius 3 is 2.50 bits per heavy atom. The molecular formula is C9H7NO4. The van der Waals surface area contributed by atoms with Crippen molar-refractivity contribution in [1.82, 2.24) is 5.32 Å². The highest BCUT2D eigenvalue weighted by Crippen LogP contribution is 2.34. The molecule has 0 radical (unpaired) electrons. The third-order valence-electron chi connectivity index (χ3n) is 2.23. The Balaban J connectivity index is 2.82. The van der Waals surface area contributed by atoms with E-state index in [1.54, 1.807) is 0 Å². The zero-order valence-corrected chi connectivity index (χ0v) is 7.29. The Bertz CT molecular complexity index is 464. The monoisotopic (exact) mass is 193 g/mol. The standard InChI is InChI=1S/C9H7NO4/c1-3-5(11)2-4-6(7(3)12)9(14)10-8(4)13/h2,11-12H,1H3,(H,10,13,14). The second kappa shape index (κ2) is 2.47. The van der Waals surface area contributed by atoms with Crippen LogP contribution in [0, 0.1) is 6.92 Å². The lowest BCUT2D eigenvalue weighted by Gasteiger charge is -2.04. The number of imide groups is 1. The van der Waals surface area contributed by atoms with Crippen LogP contribution in [0.5, 0.6) is 11.5 Å². The molecule has 1 aliphatic heterocycles. The molecule has 72 valence electrons. The minimum atomic E-state index is -0.634. The molecule has 0 saturated heterocycles. The maximum Gasteiger partial charge on any atom is 0.262 e. The first-order chi connectivity index (χ1) is 6.52. The van der Waals surface area contributed by atoms with E-state index in [1.807, 2.05) is 5.32 Å². The lowest BCUT2D eigenvalue weighted by atomic mass is 10.0. The van der Waals surface area contributed by atoms with Gasteiger partial charge in [0, 0.05) is 5.56 Å². The Morgan fingerprint density at radius 2 is 1.86 bits per heavy atom. The maximum absolute atomic E-state index is 11.2. The molecule has 0 spiro atoms. The van der Waals surface area contributed by atoms with Crippen molar-refractivity contribution in [3.8, 4) is 11.5 Å². The number of nitrogens with one attached hydrogen (secondary N) is 1. The second-order valence-corrected chi connectivity index (χ2v) is 3.08. The minimum Gasteiger partial charge on any atom is -0.508 e. The summed E-state index contributed by atoms with van der Waals surface area (Å²) in [6, 6.07) is 1.17. The summed E-state index contributed by atoms with van der Waals surface area (Å²) in [5.74, 6) is -1.78. The highest BCUT2D eigenvalue weighted by Gasteiger charge is 2.31. The summed E-state index contributed by atoms with van der Waals surface area (Å²) in [6.07, 6.45) is 0. The molecule has 0 aromatic heterocycles. The Kier molecular flexibility index (Phi) is 1.51. The van der Waals surface area contributed by atoms with Crippen LogP contribution in [0.25, 0.3) is 0 Å². The molecule has 0 saturated carbocycles. The molecule has 1 aromatic rings. The topological polar surface area (TPSA) is 86.6 Å². The summed E-state index contributed by atoms with van der Waals surface area (Å²) in [4.78, 5) is 22.3. The first-order valence-corrected chi connectivity index (χ1v) is 3.93. The number of aromatic hydroxyl groups is 2. The van der Waals surface area contributed by atoms with E-state index in [4.69, 9.17) is 0 Å². The van der Waals surface area contributed by atoms with Crippen LogP contribution in [-0.2, 0) is 0 Å². The first-order valence-electron chi connectivity index (χ1n) is 3.93. The van der Waals surface area contributed by atoms with Crippen molar-refractivity contribution < 1.29 is 19.8 Å². The van der Waals surface area contributed by atoms with Gasteiger partial charge in [0.05, 0.1) is 11.1 Å². The Labute approximate surface area is 79.0 Å². The van der Waals surface area contributed by atoms with E-state index >= 15 is 0 Å². The van der Waals surface area contributed by atoms with E-state index in [9.17, 15) is 19.8 Å². The van der Waals surface area contributed by atoms with Gasteiger partial charge in [0.15, 0.2) is 0 Å². The van der Waals surface area contributed by atoms with Crippen LogP contribution in [0.1, 0.15) is 26.3 Å². The van der Waals surface area contributed by atoms with E-state index in [-0.39, 0.29) is 28.2 Å². The second-order valence-electron chi connectivity index (χ2n) is 3.08. The van der Waals surface area contributed by atoms with Gasteiger partial charge in [-0.1, -0.05) is 0 Å². The van der Waals surface area contributed by atoms with E-state index < -0.39 is 11.8 Å². The molecule has 0 aliphatic carbocycles. The molecule has 14 heavy (non-hydrogen) atoms. The van der Waals surface area contributed by atoms with Gasteiger partial charge in [-0.3, -0.25) is 14.9 Å². The number of hydrogen-bond donors (Lipinski definition) is 3. The van der Waals surface area contributed by atoms with Crippen LogP contribution >= 0.6 is 0 Å². The van der Waals surface area contributed by atoms with Gasteiger partial charge in [-0.05, 0) is 13.0 Å². The van der Waals surface area contributed by atoms with Crippen LogP contribution in [-0.4, -0.2) is 22.0 Å². The Morgan fingerprint density at radius 1 is 1.21 bits per heavy atom. The molecule has 2 amide bonds. The minimum absolute atomic E-state index is 0.00981. The fraction of sp³-hybridized carbons (Fsp3) is 0.111. The average molecular weight is 193 g/mol. The van der Waals surface area contributed by atoms with Crippen LogP contribution in [0.15, 0.2) is 6.07 Å². The molecule has 0 bridgehead atoms. The smallest absolute Gasteiger partial charge is 0.262 e. The third-order valence-corrected chi connectivity index (χ3v) is 2.23. The first kappa shape index (κ1) is 8.55. The van der Waals surface area contributed by atoms with Crippen molar-refractivity contribution >= 4 is 11.8 Å². The fourth-order valence-corrected chi connectivity index (χ4v) is 1.40. The van der Waals surface area contributed by atoms with Crippen molar-refractivity contribution in [3.05, 3.63) is 22.8 Å². The largest absolute Gasteiger partial charge is 0.508 e. The average Bonchev–Trinajstić information content (AvgIpc) is 2.38. The molecule has 0 unspecified atom stereocenters. The van der Waals surface area contributed by atoms with Gasteiger partial charge in [-0.15, -0.1) is 0 Å². The molecular weight excluding hydrogens is 186 g/mol. The van der Waals surface area contributed by atoms with Gasteiger partial charge < -0.3 is 10.2 Å². The number of phenolic OH excluding ortho intramolecular Hbond substituents is 2. The van der Waals surface area contributed by atoms with Crippen molar-refractivity contribution in [1.29, 1.82) is 0 Å². The summed E-state index contributed by atoms with van der Waals surface area (Å²) in [7, 11) is 0. The Hall–Kier alpha value is -2.04. The zero-order chi connectivity index (χ0) is 10.5. The van der Waals surface area contributed by atoms with Crippen LogP contribution < -0.4 is 5.32 Å². The number of carbonyl (C=O) groups is 2. The van der Waals surface area contributed by atoms with Gasteiger partial charge in [-0.25, -0.2) is 0 Å². The van der Waals surface area contributed by atoms with Crippen molar-refractivity contribution in [2.24, 2.45) is 0 Å². The number of fused-ring (bicyclic) bond motifs is 1. The normalized spacial score (nSPS) is 14.1. The van der Waals surface area contributed by atoms with E-state index in [0.717, 1.165) is 0 Å². The lowest BCUT2D eigenvalue weighted by molar-refractivity contribution is 0.0879. The molecule has 0 fully saturated rings. The molecule has 1 aromatic carbocycles. The molecule has 2 rings (SSSR count). The van der Waals surface area contributed by atoms with Crippen LogP contribution in [0.4, 0.5) is 0 Å². The van der Waals surface area contributed by atoms with Crippen molar-refractivity contribution in [3.63, 3.8) is 0 Å². The van der Waals surface area contributed by atoms with E-state index in [1.165, 1.54) is 13.0 Å². The number of benzene rings is 1. The number of phenols is 2. The number of hydrogen-bond acceptors (Lipinski definition) is 4. The maximum atomic E-state index is 11.2. The summed E-state index contributed by atoms with van der Waals surface area (Å²) in [5, 5.41) is 20.9. The number of rotatable bonds is 0. The third kappa shape index (κ3) is 0.891. The summed E-state index contributed by atoms with van der Waals surface area (Å²) >= 11 is 0. The molecule has 5 heteroatoms. The van der Waals surface area contributed by atoms with Gasteiger partial charge in [-0.2, -0.15) is 0 Å². The highest BCUT2D eigenvalue weighted by atomic mass is 16.3. The molecule has 3 N–H and O–H groups in total. The fourth-order valence-electron chi connectivity index (χ4n) is 1.40. The van der Waals surface area contributed by atoms with Crippen molar-refractivity contribution in [2.75, 3.05) is 0 Å². The predicted octanol–water partition coefficient (Wildman–Crippen LogP) is 0.290. The lowest BCUT2D eigenvalue weighted by Crippen LogP contribution is -2.19. The van der Waals surface area contributed by atoms with Crippen LogP contribution in [0.3, 0.4) is 0 Å². The molecule has 1 heterocycles. The molecule has 0 atom stereocenters. The summed E-state index contributed by atoms with van der Waals surface area (Å²) in [6.45, 7) is 1.46. The number of carbonyl (C=O) groups excluding carboxylic acids is 2. The SMILES string of the molecule is Cc1c(O)cc2c(c1O)C(=O)NC2=O. The molecule has 5 nitrogen and oxygen atoms in total. The zero-order valence-electron chi connectivity index (χ0n) is 7.29. The van der Waals surface area contributed by atoms with E-state index in [2.05, 4.69) is 0 Å². The summed E-state index contributed by atoms with van der Waals surface area (Å²) < 4.78 is 0. The van der Waals surface area contributed by atoms with Crippen LogP contribution in [0.2, 0.25) is 0 Å². The van der Waals surface area contributed by atoms with Gasteiger partial charge in [0.2, 0.25) is 0 Å². The highest BCUT2D eigenvalue weighted by molar-refractivity contribution is 6.23. The quantitative estimate of drug-likeness (QED) is 0.517. The predicted molar refractivity (Wildman–Crippen MR) is 46.3 cm³/mol. The summed E-state index contributed by atoms with van der Waals surface area (Å²) in [5.41, 5.74) is 0.134. The van der Waals surface area contributed by atoms with Crippen molar-refractivity contribution in [2.45, 2.75) is 6.92 Å². The van der Waals surface area contributed by atoms with Gasteiger partial charge in [0.1, 0.15) is 11.5 Å². The molecule has 1 aliphatic rings. The van der Waals surface area contributed by atoms with E-state index in [0.29, 0.717) is 0 Å².